The Morgan fingerprint density at radius 1 is 1.22 bits per heavy atom. The molecule has 1 saturated heterocycles. The van der Waals surface area contributed by atoms with E-state index < -0.39 is 5.91 Å². The monoisotopic (exact) mass is 251 g/mol. The number of nitrogens with one attached hydrogen (secondary N) is 1. The van der Waals surface area contributed by atoms with Gasteiger partial charge in [-0.1, -0.05) is 12.2 Å². The Morgan fingerprint density at radius 2 is 1.83 bits per heavy atom. The highest BCUT2D eigenvalue weighted by molar-refractivity contribution is 5.85. The Hall–Kier alpha value is -1.36. The summed E-state index contributed by atoms with van der Waals surface area (Å²) in [5, 5.41) is 3.26. The van der Waals surface area contributed by atoms with Crippen LogP contribution in [0.15, 0.2) is 12.2 Å². The maximum absolute atomic E-state index is 12.4. The van der Waals surface area contributed by atoms with Crippen molar-refractivity contribution in [2.45, 2.75) is 31.7 Å². The number of nitrogens with two attached hydrogens (primary N) is 1. The van der Waals surface area contributed by atoms with E-state index in [0.717, 1.165) is 38.8 Å². The Balaban J connectivity index is 2.02. The minimum Gasteiger partial charge on any atom is -0.368 e. The number of nitrogens with zero attached hydrogens (tertiary/aromatic N) is 1. The average molecular weight is 251 g/mol. The van der Waals surface area contributed by atoms with E-state index in [9.17, 15) is 9.59 Å². The number of allylic oxidation sites excluding steroid dienone is 2. The molecule has 0 bridgehead atoms. The van der Waals surface area contributed by atoms with Crippen LogP contribution >= 0.6 is 0 Å². The molecule has 2 aliphatic rings. The molecule has 0 saturated carbocycles. The van der Waals surface area contributed by atoms with Crippen molar-refractivity contribution in [2.24, 2.45) is 11.7 Å². The van der Waals surface area contributed by atoms with Gasteiger partial charge in [0.05, 0.1) is 6.54 Å². The topological polar surface area (TPSA) is 75.4 Å². The summed E-state index contributed by atoms with van der Waals surface area (Å²) >= 11 is 0. The molecule has 1 fully saturated rings. The molecule has 0 aromatic carbocycles. The summed E-state index contributed by atoms with van der Waals surface area (Å²) in [5.74, 6) is -0.322. The van der Waals surface area contributed by atoms with Crippen molar-refractivity contribution < 1.29 is 9.59 Å². The van der Waals surface area contributed by atoms with Crippen molar-refractivity contribution in [1.29, 1.82) is 0 Å². The molecule has 1 aliphatic carbocycles. The predicted octanol–water partition coefficient (Wildman–Crippen LogP) is 0.0185. The molecule has 2 rings (SSSR count). The normalized spacial score (nSPS) is 21.1. The predicted molar refractivity (Wildman–Crippen MR) is 68.7 cm³/mol. The standard InChI is InChI=1S/C13H21N3O2/c14-12(17)9-16(11-5-7-15-8-6-11)13(18)10-3-1-2-4-10/h1-2,10-11,15H,3-9H2,(H2,14,17). The third kappa shape index (κ3) is 3.10. The summed E-state index contributed by atoms with van der Waals surface area (Å²) < 4.78 is 0. The minimum absolute atomic E-state index is 0.0132. The lowest BCUT2D eigenvalue weighted by Gasteiger charge is -2.35. The molecule has 1 aliphatic heterocycles. The molecule has 0 unspecified atom stereocenters. The third-order valence-corrected chi connectivity index (χ3v) is 3.72. The first-order valence-corrected chi connectivity index (χ1v) is 6.63. The highest BCUT2D eigenvalue weighted by atomic mass is 16.2. The van der Waals surface area contributed by atoms with Gasteiger partial charge in [0.25, 0.3) is 0 Å². The van der Waals surface area contributed by atoms with Crippen LogP contribution in [0.3, 0.4) is 0 Å². The third-order valence-electron chi connectivity index (χ3n) is 3.72. The summed E-state index contributed by atoms with van der Waals surface area (Å²) in [6, 6.07) is 0.159. The van der Waals surface area contributed by atoms with Crippen molar-refractivity contribution >= 4 is 11.8 Å². The molecular formula is C13H21N3O2. The zero-order valence-corrected chi connectivity index (χ0v) is 10.6. The van der Waals surface area contributed by atoms with E-state index in [2.05, 4.69) is 5.32 Å². The van der Waals surface area contributed by atoms with E-state index >= 15 is 0 Å². The van der Waals surface area contributed by atoms with Gasteiger partial charge in [0.2, 0.25) is 11.8 Å². The largest absolute Gasteiger partial charge is 0.368 e. The first-order valence-electron chi connectivity index (χ1n) is 6.63. The van der Waals surface area contributed by atoms with Gasteiger partial charge in [-0.15, -0.1) is 0 Å². The fraction of sp³-hybridized carbons (Fsp3) is 0.692. The van der Waals surface area contributed by atoms with Crippen molar-refractivity contribution in [3.63, 3.8) is 0 Å². The number of primary amides is 1. The molecule has 100 valence electrons. The Labute approximate surface area is 107 Å². The van der Waals surface area contributed by atoms with Gasteiger partial charge in [0, 0.05) is 12.0 Å². The average Bonchev–Trinajstić information content (AvgIpc) is 2.90. The fourth-order valence-electron chi connectivity index (χ4n) is 2.73. The van der Waals surface area contributed by atoms with Crippen LogP contribution in [0, 0.1) is 5.92 Å². The van der Waals surface area contributed by atoms with Gasteiger partial charge in [-0.2, -0.15) is 0 Å². The van der Waals surface area contributed by atoms with Gasteiger partial charge in [-0.05, 0) is 38.8 Å². The Kier molecular flexibility index (Phi) is 4.36. The molecule has 18 heavy (non-hydrogen) atoms. The molecule has 5 nitrogen and oxygen atoms in total. The number of hydrogen-bond donors (Lipinski definition) is 2. The van der Waals surface area contributed by atoms with Crippen LogP contribution in [0.4, 0.5) is 0 Å². The number of rotatable bonds is 4. The van der Waals surface area contributed by atoms with Gasteiger partial charge in [0.15, 0.2) is 0 Å². The van der Waals surface area contributed by atoms with E-state index in [0.29, 0.717) is 0 Å². The number of hydrogen-bond acceptors (Lipinski definition) is 3. The maximum atomic E-state index is 12.4. The highest BCUT2D eigenvalue weighted by Gasteiger charge is 2.31. The first kappa shape index (κ1) is 13.1. The van der Waals surface area contributed by atoms with Crippen LogP contribution in [0.25, 0.3) is 0 Å². The number of carbonyl (C=O) groups is 2. The Morgan fingerprint density at radius 3 is 2.39 bits per heavy atom. The van der Waals surface area contributed by atoms with Gasteiger partial charge in [0.1, 0.15) is 0 Å². The second-order valence-corrected chi connectivity index (χ2v) is 5.05. The van der Waals surface area contributed by atoms with Crippen molar-refractivity contribution in [1.82, 2.24) is 10.2 Å². The molecule has 3 N–H and O–H groups in total. The van der Waals surface area contributed by atoms with Crippen LogP contribution in [-0.2, 0) is 9.59 Å². The maximum Gasteiger partial charge on any atom is 0.237 e. The van der Waals surface area contributed by atoms with E-state index in [1.807, 2.05) is 12.2 Å². The van der Waals surface area contributed by atoms with Crippen molar-refractivity contribution in [2.75, 3.05) is 19.6 Å². The lowest BCUT2D eigenvalue weighted by Crippen LogP contribution is -2.50. The SMILES string of the molecule is NC(=O)CN(C(=O)C1CC=CC1)C1CCNCC1. The van der Waals surface area contributed by atoms with Crippen LogP contribution in [-0.4, -0.2) is 42.4 Å². The summed E-state index contributed by atoms with van der Waals surface area (Å²) in [6.45, 7) is 1.85. The fourth-order valence-corrected chi connectivity index (χ4v) is 2.73. The molecule has 5 heteroatoms. The van der Waals surface area contributed by atoms with E-state index in [1.54, 1.807) is 4.90 Å². The molecule has 0 atom stereocenters. The van der Waals surface area contributed by atoms with Crippen LogP contribution in [0.2, 0.25) is 0 Å². The molecule has 0 aromatic rings. The zero-order chi connectivity index (χ0) is 13.0. The summed E-state index contributed by atoms with van der Waals surface area (Å²) in [4.78, 5) is 25.3. The molecule has 1 heterocycles. The van der Waals surface area contributed by atoms with Crippen molar-refractivity contribution in [3.8, 4) is 0 Å². The second-order valence-electron chi connectivity index (χ2n) is 5.05. The van der Waals surface area contributed by atoms with E-state index in [4.69, 9.17) is 5.73 Å². The van der Waals surface area contributed by atoms with Gasteiger partial charge < -0.3 is 16.0 Å². The molecular weight excluding hydrogens is 230 g/mol. The molecule has 0 aromatic heterocycles. The van der Waals surface area contributed by atoms with Gasteiger partial charge in [-0.25, -0.2) is 0 Å². The van der Waals surface area contributed by atoms with E-state index in [-0.39, 0.29) is 24.4 Å². The Bertz CT molecular complexity index is 340. The molecule has 0 radical (unpaired) electrons. The smallest absolute Gasteiger partial charge is 0.237 e. The number of piperidine rings is 1. The summed E-state index contributed by atoms with van der Waals surface area (Å²) in [6.07, 6.45) is 7.46. The molecule has 0 spiro atoms. The van der Waals surface area contributed by atoms with Crippen LogP contribution in [0.5, 0.6) is 0 Å². The molecule has 2 amide bonds. The van der Waals surface area contributed by atoms with Crippen molar-refractivity contribution in [3.05, 3.63) is 12.2 Å². The summed E-state index contributed by atoms with van der Waals surface area (Å²) in [7, 11) is 0. The first-order chi connectivity index (χ1) is 8.68. The number of carbonyl (C=O) groups excluding carboxylic acids is 2. The van der Waals surface area contributed by atoms with Gasteiger partial charge >= 0.3 is 0 Å². The lowest BCUT2D eigenvalue weighted by atomic mass is 10.00. The van der Waals surface area contributed by atoms with Gasteiger partial charge in [-0.3, -0.25) is 9.59 Å². The minimum atomic E-state index is -0.423. The second kappa shape index (κ2) is 6.00. The van der Waals surface area contributed by atoms with E-state index in [1.165, 1.54) is 0 Å². The van der Waals surface area contributed by atoms with Crippen LogP contribution < -0.4 is 11.1 Å². The summed E-state index contributed by atoms with van der Waals surface area (Å²) in [5.41, 5.74) is 5.27. The highest BCUT2D eigenvalue weighted by Crippen LogP contribution is 2.23. The van der Waals surface area contributed by atoms with Crippen LogP contribution in [0.1, 0.15) is 25.7 Å². The quantitative estimate of drug-likeness (QED) is 0.692. The number of amides is 2. The zero-order valence-electron chi connectivity index (χ0n) is 10.6. The lowest BCUT2D eigenvalue weighted by molar-refractivity contribution is -0.141.